The van der Waals surface area contributed by atoms with Gasteiger partial charge in [-0.15, -0.1) is 6.58 Å². The van der Waals surface area contributed by atoms with Gasteiger partial charge in [-0.25, -0.2) is 9.18 Å². The van der Waals surface area contributed by atoms with Crippen LogP contribution in [0.5, 0.6) is 0 Å². The van der Waals surface area contributed by atoms with Gasteiger partial charge in [0.25, 0.3) is 0 Å². The molecule has 7 heteroatoms. The van der Waals surface area contributed by atoms with Crippen molar-refractivity contribution in [2.24, 2.45) is 0 Å². The Balaban J connectivity index is 2.25. The second-order valence-electron chi connectivity index (χ2n) is 4.11. The Kier molecular flexibility index (Phi) is 3.99. The van der Waals surface area contributed by atoms with Crippen molar-refractivity contribution >= 4 is 33.8 Å². The number of hydrogen-bond acceptors (Lipinski definition) is 3. The molecule has 0 spiro atoms. The van der Waals surface area contributed by atoms with Gasteiger partial charge in [-0.3, -0.25) is 19.4 Å². The molecule has 0 aromatic heterocycles. The Morgan fingerprint density at radius 2 is 1.85 bits per heavy atom. The number of amides is 4. The molecule has 5 nitrogen and oxygen atoms in total. The minimum atomic E-state index is -0.959. The molecule has 2 rings (SSSR count). The van der Waals surface area contributed by atoms with E-state index in [1.807, 2.05) is 0 Å². The molecule has 1 aliphatic heterocycles. The van der Waals surface area contributed by atoms with Crippen LogP contribution in [0.3, 0.4) is 0 Å². The molecule has 1 fully saturated rings. The first-order valence-corrected chi connectivity index (χ1v) is 6.47. The topological polar surface area (TPSA) is 57.7 Å². The predicted molar refractivity (Wildman–Crippen MR) is 72.0 cm³/mol. The quantitative estimate of drug-likeness (QED) is 0.479. The highest BCUT2D eigenvalue weighted by molar-refractivity contribution is 9.10. The molecular weight excluding hydrogens is 331 g/mol. The molecule has 1 saturated heterocycles. The maximum atomic E-state index is 13.7. The van der Waals surface area contributed by atoms with Crippen LogP contribution in [0.1, 0.15) is 5.56 Å². The SMILES string of the molecule is C=CCN1C(=O)C(=O)N(Cc2ccc(Br)cc2F)C1=O. The molecule has 0 aliphatic carbocycles. The summed E-state index contributed by atoms with van der Waals surface area (Å²) in [7, 11) is 0. The van der Waals surface area contributed by atoms with Crippen LogP contribution in [-0.2, 0) is 16.1 Å². The molecule has 1 aliphatic rings. The highest BCUT2D eigenvalue weighted by Crippen LogP contribution is 2.20. The molecule has 0 atom stereocenters. The van der Waals surface area contributed by atoms with Crippen LogP contribution in [0.25, 0.3) is 0 Å². The third-order valence-electron chi connectivity index (χ3n) is 2.79. The fourth-order valence-electron chi connectivity index (χ4n) is 1.80. The van der Waals surface area contributed by atoms with Gasteiger partial charge < -0.3 is 0 Å². The van der Waals surface area contributed by atoms with E-state index in [9.17, 15) is 18.8 Å². The zero-order valence-electron chi connectivity index (χ0n) is 10.3. The minimum absolute atomic E-state index is 0.0529. The molecule has 0 unspecified atom stereocenters. The van der Waals surface area contributed by atoms with Gasteiger partial charge in [-0.2, -0.15) is 0 Å². The summed E-state index contributed by atoms with van der Waals surface area (Å²) in [5, 5.41) is 0. The highest BCUT2D eigenvalue weighted by Gasteiger charge is 2.43. The largest absolute Gasteiger partial charge is 0.334 e. The Hall–Kier alpha value is -2.02. The molecule has 0 bridgehead atoms. The second-order valence-corrected chi connectivity index (χ2v) is 5.03. The first-order chi connectivity index (χ1) is 9.45. The Bertz CT molecular complexity index is 618. The van der Waals surface area contributed by atoms with E-state index in [0.717, 1.165) is 9.80 Å². The highest BCUT2D eigenvalue weighted by atomic mass is 79.9. The van der Waals surface area contributed by atoms with Crippen LogP contribution in [0.15, 0.2) is 35.3 Å². The van der Waals surface area contributed by atoms with Crippen LogP contribution >= 0.6 is 15.9 Å². The summed E-state index contributed by atoms with van der Waals surface area (Å²) < 4.78 is 14.3. The molecule has 0 radical (unpaired) electrons. The number of halogens is 2. The molecule has 4 amide bonds. The van der Waals surface area contributed by atoms with Crippen LogP contribution in [-0.4, -0.2) is 34.2 Å². The summed E-state index contributed by atoms with van der Waals surface area (Å²) in [6.45, 7) is 3.08. The van der Waals surface area contributed by atoms with Gasteiger partial charge in [0.1, 0.15) is 5.82 Å². The van der Waals surface area contributed by atoms with Crippen molar-refractivity contribution in [3.05, 3.63) is 46.7 Å². The average Bonchev–Trinajstić information content (AvgIpc) is 2.59. The van der Waals surface area contributed by atoms with Crippen molar-refractivity contribution in [3.8, 4) is 0 Å². The summed E-state index contributed by atoms with van der Waals surface area (Å²) in [6, 6.07) is 3.50. The van der Waals surface area contributed by atoms with Crippen LogP contribution in [0.2, 0.25) is 0 Å². The van der Waals surface area contributed by atoms with Crippen LogP contribution in [0.4, 0.5) is 9.18 Å². The van der Waals surface area contributed by atoms with E-state index >= 15 is 0 Å². The van der Waals surface area contributed by atoms with Gasteiger partial charge in [0.05, 0.1) is 6.54 Å². The van der Waals surface area contributed by atoms with E-state index in [2.05, 4.69) is 22.5 Å². The summed E-state index contributed by atoms with van der Waals surface area (Å²) in [5.41, 5.74) is 0.156. The molecule has 20 heavy (non-hydrogen) atoms. The lowest BCUT2D eigenvalue weighted by molar-refractivity contribution is -0.143. The second kappa shape index (κ2) is 5.54. The van der Waals surface area contributed by atoms with Gasteiger partial charge in [-0.1, -0.05) is 28.1 Å². The van der Waals surface area contributed by atoms with Crippen molar-refractivity contribution in [2.75, 3.05) is 6.54 Å². The molecule has 1 aromatic carbocycles. The zero-order chi connectivity index (χ0) is 14.9. The van der Waals surface area contributed by atoms with E-state index in [1.54, 1.807) is 6.07 Å². The van der Waals surface area contributed by atoms with E-state index < -0.39 is 23.7 Å². The predicted octanol–water partition coefficient (Wildman–Crippen LogP) is 2.06. The lowest BCUT2D eigenvalue weighted by atomic mass is 10.2. The maximum absolute atomic E-state index is 13.7. The van der Waals surface area contributed by atoms with Gasteiger partial charge >= 0.3 is 17.8 Å². The normalized spacial score (nSPS) is 15.2. The molecule has 1 aromatic rings. The summed E-state index contributed by atoms with van der Waals surface area (Å²) >= 11 is 3.11. The number of rotatable bonds is 4. The number of nitrogens with zero attached hydrogens (tertiary/aromatic N) is 2. The van der Waals surface area contributed by atoms with E-state index in [4.69, 9.17) is 0 Å². The lowest BCUT2D eigenvalue weighted by Crippen LogP contribution is -2.33. The third kappa shape index (κ3) is 2.49. The number of carbonyl (C=O) groups is 3. The van der Waals surface area contributed by atoms with Crippen molar-refractivity contribution in [1.82, 2.24) is 9.80 Å². The first-order valence-electron chi connectivity index (χ1n) is 5.68. The standard InChI is InChI=1S/C13H10BrFN2O3/c1-2-5-16-11(18)12(19)17(13(16)20)7-8-3-4-9(14)6-10(8)15/h2-4,6H,1,5,7H2. The number of imide groups is 2. The van der Waals surface area contributed by atoms with Crippen molar-refractivity contribution in [2.45, 2.75) is 6.54 Å². The van der Waals surface area contributed by atoms with Gasteiger partial charge in [-0.05, 0) is 12.1 Å². The fraction of sp³-hybridized carbons (Fsp3) is 0.154. The van der Waals surface area contributed by atoms with Crippen molar-refractivity contribution < 1.29 is 18.8 Å². The molecule has 1 heterocycles. The van der Waals surface area contributed by atoms with Gasteiger partial charge in [0.15, 0.2) is 0 Å². The van der Waals surface area contributed by atoms with Crippen molar-refractivity contribution in [1.29, 1.82) is 0 Å². The van der Waals surface area contributed by atoms with E-state index in [-0.39, 0.29) is 18.7 Å². The molecule has 104 valence electrons. The van der Waals surface area contributed by atoms with Gasteiger partial charge in [0, 0.05) is 16.6 Å². The fourth-order valence-corrected chi connectivity index (χ4v) is 2.13. The van der Waals surface area contributed by atoms with Crippen molar-refractivity contribution in [3.63, 3.8) is 0 Å². The Morgan fingerprint density at radius 1 is 1.20 bits per heavy atom. The van der Waals surface area contributed by atoms with Crippen LogP contribution in [0, 0.1) is 5.82 Å². The smallest absolute Gasteiger partial charge is 0.263 e. The molecular formula is C13H10BrFN2O3. The summed E-state index contributed by atoms with van der Waals surface area (Å²) in [4.78, 5) is 36.8. The number of urea groups is 1. The molecule has 0 saturated carbocycles. The Labute approximate surface area is 122 Å². The summed E-state index contributed by atoms with van der Waals surface area (Å²) in [6.07, 6.45) is 1.34. The van der Waals surface area contributed by atoms with E-state index in [0.29, 0.717) is 4.47 Å². The molecule has 0 N–H and O–H groups in total. The maximum Gasteiger partial charge on any atom is 0.334 e. The number of hydrogen-bond donors (Lipinski definition) is 0. The summed E-state index contributed by atoms with van der Waals surface area (Å²) in [5.74, 6) is -2.44. The average molecular weight is 341 g/mol. The van der Waals surface area contributed by atoms with Gasteiger partial charge in [0.2, 0.25) is 0 Å². The first kappa shape index (κ1) is 14.4. The van der Waals surface area contributed by atoms with Crippen LogP contribution < -0.4 is 0 Å². The number of carbonyl (C=O) groups excluding carboxylic acids is 3. The lowest BCUT2D eigenvalue weighted by Gasteiger charge is -2.14. The third-order valence-corrected chi connectivity index (χ3v) is 3.28. The van der Waals surface area contributed by atoms with E-state index in [1.165, 1.54) is 18.2 Å². The zero-order valence-corrected chi connectivity index (χ0v) is 11.9. The Morgan fingerprint density at radius 3 is 2.45 bits per heavy atom. The minimum Gasteiger partial charge on any atom is -0.263 e. The number of benzene rings is 1. The monoisotopic (exact) mass is 340 g/mol.